The molecular weight excluding hydrogens is 278 g/mol. The van der Waals surface area contributed by atoms with Crippen LogP contribution in [0.4, 0.5) is 0 Å². The Bertz CT molecular complexity index is 428. The molecule has 0 aliphatic heterocycles. The number of nitriles is 1. The first-order valence-corrected chi connectivity index (χ1v) is 5.81. The van der Waals surface area contributed by atoms with Crippen LogP contribution < -0.4 is 0 Å². The van der Waals surface area contributed by atoms with E-state index in [1.54, 1.807) is 25.1 Å². The Kier molecular flexibility index (Phi) is 4.18. The van der Waals surface area contributed by atoms with Crippen LogP contribution in [0.2, 0.25) is 0 Å². The standard InChI is InChI=1S/C10H8BrNO2S/c1-6(10(13)14)15-9-3-2-7(5-12)4-8(9)11/h2-4,6H,1H3,(H,13,14). The van der Waals surface area contributed by atoms with Gasteiger partial charge in [-0.05, 0) is 41.1 Å². The molecule has 5 heteroatoms. The number of nitrogens with zero attached hydrogens (tertiary/aromatic N) is 1. The minimum Gasteiger partial charge on any atom is -0.480 e. The van der Waals surface area contributed by atoms with Gasteiger partial charge in [0.25, 0.3) is 0 Å². The van der Waals surface area contributed by atoms with Crippen molar-refractivity contribution in [1.29, 1.82) is 5.26 Å². The van der Waals surface area contributed by atoms with Crippen molar-refractivity contribution in [2.75, 3.05) is 0 Å². The summed E-state index contributed by atoms with van der Waals surface area (Å²) < 4.78 is 0.750. The van der Waals surface area contributed by atoms with Gasteiger partial charge in [0.05, 0.1) is 11.6 Å². The van der Waals surface area contributed by atoms with Gasteiger partial charge < -0.3 is 5.11 Å². The number of hydrogen-bond donors (Lipinski definition) is 1. The molecular formula is C10H8BrNO2S. The third kappa shape index (κ3) is 3.26. The van der Waals surface area contributed by atoms with Crippen molar-refractivity contribution in [2.45, 2.75) is 17.1 Å². The number of hydrogen-bond acceptors (Lipinski definition) is 3. The van der Waals surface area contributed by atoms with E-state index in [-0.39, 0.29) is 0 Å². The highest BCUT2D eigenvalue weighted by molar-refractivity contribution is 9.10. The molecule has 1 rings (SSSR count). The Morgan fingerprint density at radius 2 is 2.33 bits per heavy atom. The summed E-state index contributed by atoms with van der Waals surface area (Å²) in [5.41, 5.74) is 0.550. The van der Waals surface area contributed by atoms with Crippen LogP contribution >= 0.6 is 27.7 Å². The molecule has 0 amide bonds. The summed E-state index contributed by atoms with van der Waals surface area (Å²) in [7, 11) is 0. The van der Waals surface area contributed by atoms with Crippen LogP contribution in [0.1, 0.15) is 12.5 Å². The molecule has 0 aromatic heterocycles. The van der Waals surface area contributed by atoms with E-state index in [0.717, 1.165) is 9.37 Å². The fourth-order valence-corrected chi connectivity index (χ4v) is 2.37. The normalized spacial score (nSPS) is 11.8. The van der Waals surface area contributed by atoms with Crippen LogP contribution in [-0.2, 0) is 4.79 Å². The lowest BCUT2D eigenvalue weighted by atomic mass is 10.2. The molecule has 0 radical (unpaired) electrons. The van der Waals surface area contributed by atoms with Gasteiger partial charge in [-0.2, -0.15) is 5.26 Å². The van der Waals surface area contributed by atoms with Crippen molar-refractivity contribution in [3.05, 3.63) is 28.2 Å². The zero-order valence-electron chi connectivity index (χ0n) is 7.90. The molecule has 78 valence electrons. The summed E-state index contributed by atoms with van der Waals surface area (Å²) >= 11 is 4.54. The van der Waals surface area contributed by atoms with E-state index in [9.17, 15) is 4.79 Å². The number of aliphatic carboxylic acids is 1. The van der Waals surface area contributed by atoms with Crippen LogP contribution in [0.15, 0.2) is 27.6 Å². The predicted octanol–water partition coefficient (Wildman–Crippen LogP) is 2.89. The summed E-state index contributed by atoms with van der Waals surface area (Å²) in [5.74, 6) is -0.851. The van der Waals surface area contributed by atoms with Crippen molar-refractivity contribution in [3.63, 3.8) is 0 Å². The third-order valence-corrected chi connectivity index (χ3v) is 3.80. The monoisotopic (exact) mass is 285 g/mol. The van der Waals surface area contributed by atoms with Gasteiger partial charge in [-0.1, -0.05) is 0 Å². The summed E-state index contributed by atoms with van der Waals surface area (Å²) in [6.45, 7) is 1.62. The smallest absolute Gasteiger partial charge is 0.316 e. The van der Waals surface area contributed by atoms with Gasteiger partial charge in [0.2, 0.25) is 0 Å². The Labute approximate surface area is 100 Å². The molecule has 1 aromatic carbocycles. The summed E-state index contributed by atoms with van der Waals surface area (Å²) in [4.78, 5) is 11.5. The molecule has 1 aromatic rings. The number of carbonyl (C=O) groups is 1. The topological polar surface area (TPSA) is 61.1 Å². The molecule has 1 N–H and O–H groups in total. The fourth-order valence-electron chi connectivity index (χ4n) is 0.907. The zero-order valence-corrected chi connectivity index (χ0v) is 10.3. The lowest BCUT2D eigenvalue weighted by Crippen LogP contribution is -2.11. The number of carboxylic acid groups (broad SMARTS) is 1. The van der Waals surface area contributed by atoms with Crippen LogP contribution in [0, 0.1) is 11.3 Å². The minimum absolute atomic E-state index is 0.505. The predicted molar refractivity (Wildman–Crippen MR) is 61.8 cm³/mol. The van der Waals surface area contributed by atoms with Crippen molar-refractivity contribution in [1.82, 2.24) is 0 Å². The van der Waals surface area contributed by atoms with Crippen LogP contribution in [0.5, 0.6) is 0 Å². The first-order valence-electron chi connectivity index (χ1n) is 4.13. The SMILES string of the molecule is CC(Sc1ccc(C#N)cc1Br)C(=O)O. The first kappa shape index (κ1) is 12.1. The maximum absolute atomic E-state index is 10.6. The summed E-state index contributed by atoms with van der Waals surface area (Å²) in [6, 6.07) is 7.10. The molecule has 0 bridgehead atoms. The molecule has 0 fully saturated rings. The first-order chi connectivity index (χ1) is 7.04. The molecule has 0 saturated heterocycles. The van der Waals surface area contributed by atoms with Crippen molar-refractivity contribution >= 4 is 33.7 Å². The average Bonchev–Trinajstić information content (AvgIpc) is 2.20. The lowest BCUT2D eigenvalue weighted by Gasteiger charge is -2.07. The molecule has 3 nitrogen and oxygen atoms in total. The Balaban J connectivity index is 2.88. The molecule has 0 aliphatic carbocycles. The van der Waals surface area contributed by atoms with Crippen LogP contribution in [0.25, 0.3) is 0 Å². The average molecular weight is 286 g/mol. The zero-order chi connectivity index (χ0) is 11.4. The number of benzene rings is 1. The van der Waals surface area contributed by atoms with Crippen LogP contribution in [0.3, 0.4) is 0 Å². The summed E-state index contributed by atoms with van der Waals surface area (Å²) in [6.07, 6.45) is 0. The van der Waals surface area contributed by atoms with Gasteiger partial charge >= 0.3 is 5.97 Å². The minimum atomic E-state index is -0.851. The van der Waals surface area contributed by atoms with E-state index in [1.165, 1.54) is 11.8 Å². The molecule has 0 aliphatic rings. The van der Waals surface area contributed by atoms with E-state index in [0.29, 0.717) is 5.56 Å². The lowest BCUT2D eigenvalue weighted by molar-refractivity contribution is -0.136. The second-order valence-corrected chi connectivity index (χ2v) is 5.09. The van der Waals surface area contributed by atoms with E-state index in [2.05, 4.69) is 15.9 Å². The second kappa shape index (κ2) is 5.19. The fraction of sp³-hybridized carbons (Fsp3) is 0.200. The largest absolute Gasteiger partial charge is 0.480 e. The molecule has 1 unspecified atom stereocenters. The maximum Gasteiger partial charge on any atom is 0.316 e. The molecule has 0 spiro atoms. The van der Waals surface area contributed by atoms with Gasteiger partial charge in [-0.15, -0.1) is 11.8 Å². The van der Waals surface area contributed by atoms with Gasteiger partial charge in [0, 0.05) is 9.37 Å². The van der Waals surface area contributed by atoms with Gasteiger partial charge in [0.15, 0.2) is 0 Å². The molecule has 1 atom stereocenters. The number of halogens is 1. The second-order valence-electron chi connectivity index (χ2n) is 2.86. The number of thioether (sulfide) groups is 1. The number of rotatable bonds is 3. The van der Waals surface area contributed by atoms with E-state index in [1.807, 2.05) is 6.07 Å². The Morgan fingerprint density at radius 3 is 2.80 bits per heavy atom. The quantitative estimate of drug-likeness (QED) is 0.868. The van der Waals surface area contributed by atoms with Gasteiger partial charge in [-0.25, -0.2) is 0 Å². The van der Waals surface area contributed by atoms with Crippen molar-refractivity contribution in [3.8, 4) is 6.07 Å². The number of carboxylic acids is 1. The highest BCUT2D eigenvalue weighted by atomic mass is 79.9. The van der Waals surface area contributed by atoms with E-state index < -0.39 is 11.2 Å². The van der Waals surface area contributed by atoms with Gasteiger partial charge in [0.1, 0.15) is 5.25 Å². The Hall–Kier alpha value is -0.990. The van der Waals surface area contributed by atoms with Crippen molar-refractivity contribution < 1.29 is 9.90 Å². The van der Waals surface area contributed by atoms with Crippen LogP contribution in [-0.4, -0.2) is 16.3 Å². The molecule has 15 heavy (non-hydrogen) atoms. The highest BCUT2D eigenvalue weighted by Crippen LogP contribution is 2.31. The Morgan fingerprint density at radius 1 is 1.67 bits per heavy atom. The molecule has 0 saturated carbocycles. The third-order valence-electron chi connectivity index (χ3n) is 1.71. The van der Waals surface area contributed by atoms with Crippen molar-refractivity contribution in [2.24, 2.45) is 0 Å². The molecule has 0 heterocycles. The summed E-state index contributed by atoms with van der Waals surface area (Å²) in [5, 5.41) is 16.9. The maximum atomic E-state index is 10.6. The van der Waals surface area contributed by atoms with E-state index in [4.69, 9.17) is 10.4 Å². The van der Waals surface area contributed by atoms with Gasteiger partial charge in [-0.3, -0.25) is 4.79 Å². The van der Waals surface area contributed by atoms with E-state index >= 15 is 0 Å². The highest BCUT2D eigenvalue weighted by Gasteiger charge is 2.14.